The third-order valence-corrected chi connectivity index (χ3v) is 6.94. The minimum atomic E-state index is -3.69. The number of nitrogens with one attached hydrogen (secondary N) is 2. The molecule has 0 atom stereocenters. The van der Waals surface area contributed by atoms with Crippen molar-refractivity contribution in [3.63, 3.8) is 0 Å². The molecule has 0 aliphatic carbocycles. The number of hydrogen-bond acceptors (Lipinski definition) is 5. The number of aromatic nitrogens is 3. The molecule has 31 heavy (non-hydrogen) atoms. The molecule has 9 nitrogen and oxygen atoms in total. The summed E-state index contributed by atoms with van der Waals surface area (Å²) < 4.78 is 48.0. The van der Waals surface area contributed by atoms with E-state index >= 15 is 0 Å². The largest absolute Gasteiger partial charge is 0.379 e. The lowest BCUT2D eigenvalue weighted by atomic mass is 10.2. The maximum atomic E-state index is 14.5. The lowest BCUT2D eigenvalue weighted by molar-refractivity contribution is 0.0730. The number of ether oxygens (including phenoxy) is 1. The number of imidazole rings is 1. The minimum absolute atomic E-state index is 0.0191. The molecule has 3 aromatic rings. The van der Waals surface area contributed by atoms with Gasteiger partial charge in [0.05, 0.1) is 18.9 Å². The smallest absolute Gasteiger partial charge is 0.268 e. The van der Waals surface area contributed by atoms with Gasteiger partial charge in [0.2, 0.25) is 10.0 Å². The number of carbonyl (C=O) groups excluding carboxylic acids is 1. The van der Waals surface area contributed by atoms with E-state index in [2.05, 4.69) is 15.3 Å². The Morgan fingerprint density at radius 2 is 2.06 bits per heavy atom. The molecule has 0 bridgehead atoms. The van der Waals surface area contributed by atoms with E-state index in [0.29, 0.717) is 30.3 Å². The van der Waals surface area contributed by atoms with Gasteiger partial charge in [-0.25, -0.2) is 17.8 Å². The Kier molecular flexibility index (Phi) is 5.90. The topological polar surface area (TPSA) is 109 Å². The average Bonchev–Trinajstić information content (AvgIpc) is 3.43. The van der Waals surface area contributed by atoms with Crippen molar-refractivity contribution in [1.29, 1.82) is 0 Å². The summed E-state index contributed by atoms with van der Waals surface area (Å²) in [5.74, 6) is -0.264. The van der Waals surface area contributed by atoms with Crippen LogP contribution in [-0.2, 0) is 21.3 Å². The fourth-order valence-corrected chi connectivity index (χ4v) is 4.76. The van der Waals surface area contributed by atoms with Crippen LogP contribution in [0.4, 0.5) is 4.39 Å². The van der Waals surface area contributed by atoms with Gasteiger partial charge in [-0.15, -0.1) is 0 Å². The molecule has 4 rings (SSSR count). The third kappa shape index (κ3) is 4.38. The predicted molar refractivity (Wildman–Crippen MR) is 110 cm³/mol. The molecular weight excluding hydrogens is 425 g/mol. The molecule has 0 saturated carbocycles. The van der Waals surface area contributed by atoms with E-state index in [0.717, 1.165) is 0 Å². The van der Waals surface area contributed by atoms with Crippen molar-refractivity contribution in [1.82, 2.24) is 24.2 Å². The van der Waals surface area contributed by atoms with Crippen LogP contribution in [0.15, 0.2) is 47.8 Å². The summed E-state index contributed by atoms with van der Waals surface area (Å²) in [6, 6.07) is 5.97. The molecule has 1 saturated heterocycles. The Bertz CT molecular complexity index is 1200. The molecule has 1 aliphatic heterocycles. The van der Waals surface area contributed by atoms with E-state index in [1.54, 1.807) is 36.0 Å². The van der Waals surface area contributed by atoms with Gasteiger partial charge in [0.15, 0.2) is 0 Å². The Morgan fingerprint density at radius 3 is 2.74 bits per heavy atom. The third-order valence-electron chi connectivity index (χ3n) is 5.06. The van der Waals surface area contributed by atoms with Gasteiger partial charge in [-0.2, -0.15) is 4.31 Å². The number of carbonyl (C=O) groups is 1. The number of aromatic amines is 1. The van der Waals surface area contributed by atoms with E-state index in [1.807, 2.05) is 0 Å². The molecule has 3 heterocycles. The number of sulfonamides is 1. The Labute approximate surface area is 178 Å². The molecule has 2 aromatic heterocycles. The Morgan fingerprint density at radius 1 is 1.29 bits per heavy atom. The van der Waals surface area contributed by atoms with Crippen molar-refractivity contribution in [2.24, 2.45) is 0 Å². The van der Waals surface area contributed by atoms with E-state index in [1.165, 1.54) is 22.6 Å². The zero-order valence-corrected chi connectivity index (χ0v) is 17.7. The fourth-order valence-electron chi connectivity index (χ4n) is 3.36. The summed E-state index contributed by atoms with van der Waals surface area (Å²) in [7, 11) is -3.69. The normalized spacial score (nSPS) is 15.2. The second-order valence-electron chi connectivity index (χ2n) is 7.08. The number of benzene rings is 1. The number of nitrogens with zero attached hydrogens (tertiary/aromatic N) is 3. The lowest BCUT2D eigenvalue weighted by Gasteiger charge is -2.25. The van der Waals surface area contributed by atoms with Gasteiger partial charge in [0.1, 0.15) is 22.2 Å². The molecule has 1 aliphatic rings. The first-order valence-corrected chi connectivity index (χ1v) is 11.1. The zero-order valence-electron chi connectivity index (χ0n) is 16.8. The number of hydrogen-bond donors (Lipinski definition) is 2. The van der Waals surface area contributed by atoms with Gasteiger partial charge in [-0.05, 0) is 30.7 Å². The highest BCUT2D eigenvalue weighted by atomic mass is 32.2. The summed E-state index contributed by atoms with van der Waals surface area (Å²) in [6.07, 6.45) is 4.55. The summed E-state index contributed by atoms with van der Waals surface area (Å²) >= 11 is 0. The van der Waals surface area contributed by atoms with Crippen molar-refractivity contribution in [3.05, 3.63) is 65.8 Å². The zero-order chi connectivity index (χ0) is 22.0. The number of aryl methyl sites for hydroxylation is 1. The number of amides is 1. The van der Waals surface area contributed by atoms with Gasteiger partial charge in [0.25, 0.3) is 5.91 Å². The lowest BCUT2D eigenvalue weighted by Crippen LogP contribution is -2.40. The number of rotatable bonds is 6. The van der Waals surface area contributed by atoms with Crippen LogP contribution < -0.4 is 5.32 Å². The summed E-state index contributed by atoms with van der Waals surface area (Å²) in [5.41, 5.74) is 1.05. The van der Waals surface area contributed by atoms with Crippen molar-refractivity contribution in [2.45, 2.75) is 18.4 Å². The highest BCUT2D eigenvalue weighted by molar-refractivity contribution is 7.89. The van der Waals surface area contributed by atoms with Crippen LogP contribution in [-0.4, -0.2) is 59.5 Å². The van der Waals surface area contributed by atoms with Gasteiger partial charge in [-0.3, -0.25) is 4.79 Å². The summed E-state index contributed by atoms with van der Waals surface area (Å²) in [5, 5.41) is 2.67. The van der Waals surface area contributed by atoms with Gasteiger partial charge < -0.3 is 19.6 Å². The maximum absolute atomic E-state index is 14.5. The van der Waals surface area contributed by atoms with Crippen molar-refractivity contribution in [2.75, 3.05) is 26.3 Å². The van der Waals surface area contributed by atoms with Crippen LogP contribution in [0.25, 0.3) is 5.69 Å². The first kappa shape index (κ1) is 21.2. The summed E-state index contributed by atoms with van der Waals surface area (Å²) in [4.78, 5) is 19.2. The van der Waals surface area contributed by atoms with E-state index in [9.17, 15) is 17.6 Å². The molecule has 1 fully saturated rings. The molecule has 11 heteroatoms. The molecule has 1 aromatic carbocycles. The van der Waals surface area contributed by atoms with E-state index < -0.39 is 21.7 Å². The number of morpholine rings is 1. The van der Waals surface area contributed by atoms with Gasteiger partial charge in [0, 0.05) is 38.2 Å². The van der Waals surface area contributed by atoms with Crippen molar-refractivity contribution >= 4 is 15.9 Å². The molecule has 0 spiro atoms. The molecule has 2 N–H and O–H groups in total. The average molecular weight is 447 g/mol. The van der Waals surface area contributed by atoms with Crippen LogP contribution in [0, 0.1) is 12.7 Å². The molecule has 1 amide bonds. The summed E-state index contributed by atoms with van der Waals surface area (Å²) in [6.45, 7) is 3.09. The van der Waals surface area contributed by atoms with Crippen LogP contribution >= 0.6 is 0 Å². The standard InChI is InChI=1S/C20H22FN5O4S/c1-14-22-4-5-26(14)19-3-2-15(10-17(19)21)12-24-20(27)18-11-16(13-23-18)31(28,29)25-6-8-30-9-7-25/h2-5,10-11,13,23H,6-9,12H2,1H3,(H,24,27). The molecule has 0 radical (unpaired) electrons. The number of H-pyrrole nitrogens is 1. The highest BCUT2D eigenvalue weighted by Crippen LogP contribution is 2.19. The minimum Gasteiger partial charge on any atom is -0.379 e. The maximum Gasteiger partial charge on any atom is 0.268 e. The van der Waals surface area contributed by atoms with Gasteiger partial charge in [-0.1, -0.05) is 6.07 Å². The van der Waals surface area contributed by atoms with Crippen molar-refractivity contribution < 1.29 is 22.3 Å². The SMILES string of the molecule is Cc1nccn1-c1ccc(CNC(=O)c2cc(S(=O)(=O)N3CCOCC3)c[nH]2)cc1F. The fraction of sp³-hybridized carbons (Fsp3) is 0.300. The molecule has 0 unspecified atom stereocenters. The van der Waals surface area contributed by atoms with E-state index in [-0.39, 0.29) is 30.2 Å². The highest BCUT2D eigenvalue weighted by Gasteiger charge is 2.28. The number of halogens is 1. The van der Waals surface area contributed by atoms with Crippen molar-refractivity contribution in [3.8, 4) is 5.69 Å². The van der Waals surface area contributed by atoms with Crippen LogP contribution in [0.1, 0.15) is 21.9 Å². The monoisotopic (exact) mass is 447 g/mol. The van der Waals surface area contributed by atoms with Crippen LogP contribution in [0.5, 0.6) is 0 Å². The van der Waals surface area contributed by atoms with Gasteiger partial charge >= 0.3 is 0 Å². The molecule has 164 valence electrons. The predicted octanol–water partition coefficient (Wildman–Crippen LogP) is 1.60. The first-order valence-electron chi connectivity index (χ1n) is 9.69. The molecular formula is C20H22FN5O4S. The second kappa shape index (κ2) is 8.61. The van der Waals surface area contributed by atoms with Crippen LogP contribution in [0.2, 0.25) is 0 Å². The van der Waals surface area contributed by atoms with Crippen LogP contribution in [0.3, 0.4) is 0 Å². The quantitative estimate of drug-likeness (QED) is 0.597. The second-order valence-corrected chi connectivity index (χ2v) is 9.02. The van der Waals surface area contributed by atoms with E-state index in [4.69, 9.17) is 4.74 Å². The Hall–Kier alpha value is -3.02. The first-order chi connectivity index (χ1) is 14.9. The Balaban J connectivity index is 1.42.